The van der Waals surface area contributed by atoms with Crippen LogP contribution in [-0.4, -0.2) is 28.8 Å². The summed E-state index contributed by atoms with van der Waals surface area (Å²) >= 11 is 0. The highest BCUT2D eigenvalue weighted by atomic mass is 19.1. The molecule has 1 aliphatic rings. The molecule has 7 heteroatoms. The van der Waals surface area contributed by atoms with E-state index in [2.05, 4.69) is 0 Å². The molecule has 0 saturated carbocycles. The number of nitrogens with two attached hydrogens (primary N) is 1. The van der Waals surface area contributed by atoms with Crippen LogP contribution in [0.4, 0.5) is 15.8 Å². The minimum absolute atomic E-state index is 0.0178. The van der Waals surface area contributed by atoms with E-state index >= 15 is 0 Å². The largest absolute Gasteiger partial charge is 0.396 e. The number of likely N-dealkylation sites (tertiary alicyclic amines) is 1. The normalized spacial score (nSPS) is 17.2. The molecular formula is C13H16FN3O3. The van der Waals surface area contributed by atoms with Crippen molar-refractivity contribution in [3.63, 3.8) is 0 Å². The quantitative estimate of drug-likeness (QED) is 0.511. The van der Waals surface area contributed by atoms with E-state index in [1.54, 1.807) is 4.90 Å². The molecular weight excluding hydrogens is 265 g/mol. The Balaban J connectivity index is 2.39. The van der Waals surface area contributed by atoms with Gasteiger partial charge in [-0.25, -0.2) is 4.39 Å². The van der Waals surface area contributed by atoms with Crippen LogP contribution in [0, 0.1) is 21.3 Å². The standard InChI is InChI=1S/C13H16FN3O3/c1-13(2)3-4-16(7-13)12(18)8-5-10(15)9(14)6-11(8)17(19)20/h5-6H,3-4,7,15H2,1-2H3. The topological polar surface area (TPSA) is 89.5 Å². The summed E-state index contributed by atoms with van der Waals surface area (Å²) < 4.78 is 13.3. The van der Waals surface area contributed by atoms with E-state index in [-0.39, 0.29) is 16.7 Å². The molecule has 1 heterocycles. The molecule has 1 saturated heterocycles. The third-order valence-corrected chi connectivity index (χ3v) is 3.51. The lowest BCUT2D eigenvalue weighted by Crippen LogP contribution is -2.30. The van der Waals surface area contributed by atoms with Gasteiger partial charge in [-0.15, -0.1) is 0 Å². The fourth-order valence-corrected chi connectivity index (χ4v) is 2.36. The number of nitro groups is 1. The number of amides is 1. The number of nitrogen functional groups attached to an aromatic ring is 1. The second-order valence-electron chi connectivity index (χ2n) is 5.79. The highest BCUT2D eigenvalue weighted by Crippen LogP contribution is 2.32. The van der Waals surface area contributed by atoms with Gasteiger partial charge in [-0.2, -0.15) is 0 Å². The molecule has 0 bridgehead atoms. The van der Waals surface area contributed by atoms with Crippen LogP contribution in [0.3, 0.4) is 0 Å². The Morgan fingerprint density at radius 1 is 1.50 bits per heavy atom. The number of benzene rings is 1. The van der Waals surface area contributed by atoms with Crippen molar-refractivity contribution in [2.45, 2.75) is 20.3 Å². The van der Waals surface area contributed by atoms with E-state index < -0.39 is 22.3 Å². The van der Waals surface area contributed by atoms with Crippen LogP contribution in [0.1, 0.15) is 30.6 Å². The second kappa shape index (κ2) is 4.73. The van der Waals surface area contributed by atoms with E-state index in [4.69, 9.17) is 5.73 Å². The summed E-state index contributed by atoms with van der Waals surface area (Å²) in [6, 6.07) is 1.74. The SMILES string of the molecule is CC1(C)CCN(C(=O)c2cc(N)c(F)cc2[N+](=O)[O-])C1. The molecule has 0 unspecified atom stereocenters. The minimum Gasteiger partial charge on any atom is -0.396 e. The summed E-state index contributed by atoms with van der Waals surface area (Å²) in [5, 5.41) is 11.0. The zero-order valence-corrected chi connectivity index (χ0v) is 11.4. The van der Waals surface area contributed by atoms with Gasteiger partial charge >= 0.3 is 0 Å². The average Bonchev–Trinajstić information content (AvgIpc) is 2.71. The molecule has 6 nitrogen and oxygen atoms in total. The van der Waals surface area contributed by atoms with Crippen LogP contribution in [0.2, 0.25) is 0 Å². The minimum atomic E-state index is -0.894. The predicted molar refractivity (Wildman–Crippen MR) is 71.8 cm³/mol. The van der Waals surface area contributed by atoms with Crippen molar-refractivity contribution in [3.05, 3.63) is 33.6 Å². The maximum Gasteiger partial charge on any atom is 0.285 e. The van der Waals surface area contributed by atoms with E-state index in [9.17, 15) is 19.3 Å². The molecule has 0 radical (unpaired) electrons. The molecule has 108 valence electrons. The average molecular weight is 281 g/mol. The van der Waals surface area contributed by atoms with Gasteiger partial charge in [0, 0.05) is 13.1 Å². The van der Waals surface area contributed by atoms with E-state index in [1.807, 2.05) is 13.8 Å². The van der Waals surface area contributed by atoms with Gasteiger partial charge in [0.2, 0.25) is 0 Å². The van der Waals surface area contributed by atoms with Crippen molar-refractivity contribution in [3.8, 4) is 0 Å². The zero-order valence-electron chi connectivity index (χ0n) is 11.4. The Bertz CT molecular complexity index is 586. The summed E-state index contributed by atoms with van der Waals surface area (Å²) in [6.45, 7) is 5.09. The number of carbonyl (C=O) groups is 1. The fourth-order valence-electron chi connectivity index (χ4n) is 2.36. The Morgan fingerprint density at radius 3 is 2.65 bits per heavy atom. The number of nitrogens with zero attached hydrogens (tertiary/aromatic N) is 2. The lowest BCUT2D eigenvalue weighted by atomic mass is 9.93. The van der Waals surface area contributed by atoms with E-state index in [0.29, 0.717) is 19.2 Å². The number of nitro benzene ring substituents is 1. The van der Waals surface area contributed by atoms with E-state index in [1.165, 1.54) is 0 Å². The molecule has 1 aromatic rings. The number of halogens is 1. The summed E-state index contributed by atoms with van der Waals surface area (Å²) in [5.41, 5.74) is 4.42. The number of hydrogen-bond acceptors (Lipinski definition) is 4. The first-order valence-electron chi connectivity index (χ1n) is 6.24. The van der Waals surface area contributed by atoms with Crippen molar-refractivity contribution in [1.82, 2.24) is 4.90 Å². The van der Waals surface area contributed by atoms with Crippen molar-refractivity contribution >= 4 is 17.3 Å². The molecule has 0 atom stereocenters. The van der Waals surface area contributed by atoms with Gasteiger partial charge in [-0.05, 0) is 17.9 Å². The fraction of sp³-hybridized carbons (Fsp3) is 0.462. The van der Waals surface area contributed by atoms with Crippen LogP contribution < -0.4 is 5.73 Å². The Morgan fingerprint density at radius 2 is 2.15 bits per heavy atom. The molecule has 2 rings (SSSR count). The highest BCUT2D eigenvalue weighted by molar-refractivity contribution is 5.99. The Kier molecular flexibility index (Phi) is 3.37. The van der Waals surface area contributed by atoms with Gasteiger partial charge in [0.05, 0.1) is 16.7 Å². The van der Waals surface area contributed by atoms with Crippen molar-refractivity contribution in [2.24, 2.45) is 5.41 Å². The predicted octanol–water partition coefficient (Wildman–Crippen LogP) is 2.19. The van der Waals surface area contributed by atoms with Crippen molar-refractivity contribution < 1.29 is 14.1 Å². The molecule has 2 N–H and O–H groups in total. The van der Waals surface area contributed by atoms with Crippen LogP contribution in [0.15, 0.2) is 12.1 Å². The summed E-state index contributed by atoms with van der Waals surface area (Å²) in [7, 11) is 0. The monoisotopic (exact) mass is 281 g/mol. The first kappa shape index (κ1) is 14.2. The molecule has 0 aliphatic carbocycles. The Hall–Kier alpha value is -2.18. The molecule has 0 aromatic heterocycles. The highest BCUT2D eigenvalue weighted by Gasteiger charge is 2.35. The van der Waals surface area contributed by atoms with Gasteiger partial charge < -0.3 is 10.6 Å². The molecule has 1 amide bonds. The van der Waals surface area contributed by atoms with Crippen LogP contribution in [0.5, 0.6) is 0 Å². The molecule has 1 aliphatic heterocycles. The van der Waals surface area contributed by atoms with Gasteiger partial charge in [0.25, 0.3) is 11.6 Å². The lowest BCUT2D eigenvalue weighted by molar-refractivity contribution is -0.385. The zero-order chi connectivity index (χ0) is 15.1. The first-order chi connectivity index (χ1) is 9.21. The number of rotatable bonds is 2. The third kappa shape index (κ3) is 2.56. The summed E-state index contributed by atoms with van der Waals surface area (Å²) in [4.78, 5) is 24.1. The molecule has 1 fully saturated rings. The molecule has 1 aromatic carbocycles. The lowest BCUT2D eigenvalue weighted by Gasteiger charge is -2.20. The maximum absolute atomic E-state index is 13.3. The third-order valence-electron chi connectivity index (χ3n) is 3.51. The number of hydrogen-bond donors (Lipinski definition) is 1. The van der Waals surface area contributed by atoms with Gasteiger partial charge in [0.1, 0.15) is 5.56 Å². The van der Waals surface area contributed by atoms with Gasteiger partial charge in [-0.1, -0.05) is 13.8 Å². The Labute approximate surface area is 115 Å². The number of anilines is 1. The van der Waals surface area contributed by atoms with Crippen LogP contribution >= 0.6 is 0 Å². The van der Waals surface area contributed by atoms with Gasteiger partial charge in [0.15, 0.2) is 5.82 Å². The number of carbonyl (C=O) groups excluding carboxylic acids is 1. The van der Waals surface area contributed by atoms with Crippen molar-refractivity contribution in [2.75, 3.05) is 18.8 Å². The summed E-state index contributed by atoms with van der Waals surface area (Å²) in [6.07, 6.45) is 0.823. The second-order valence-corrected chi connectivity index (χ2v) is 5.79. The van der Waals surface area contributed by atoms with E-state index in [0.717, 1.165) is 12.5 Å². The van der Waals surface area contributed by atoms with Crippen LogP contribution in [-0.2, 0) is 0 Å². The molecule has 0 spiro atoms. The maximum atomic E-state index is 13.3. The first-order valence-corrected chi connectivity index (χ1v) is 6.24. The molecule has 20 heavy (non-hydrogen) atoms. The summed E-state index contributed by atoms with van der Waals surface area (Å²) in [5.74, 6) is -1.37. The van der Waals surface area contributed by atoms with Crippen LogP contribution in [0.25, 0.3) is 0 Å². The van der Waals surface area contributed by atoms with Crippen molar-refractivity contribution in [1.29, 1.82) is 0 Å². The smallest absolute Gasteiger partial charge is 0.285 e. The van der Waals surface area contributed by atoms with Gasteiger partial charge in [-0.3, -0.25) is 14.9 Å².